The lowest BCUT2D eigenvalue weighted by atomic mass is 10.1. The molecule has 6 heteroatoms. The first-order valence-electron chi connectivity index (χ1n) is 5.95. The molecule has 0 aliphatic heterocycles. The van der Waals surface area contributed by atoms with E-state index in [-0.39, 0.29) is 10.6 Å². The van der Waals surface area contributed by atoms with Crippen LogP contribution in [-0.2, 0) is 22.7 Å². The van der Waals surface area contributed by atoms with Gasteiger partial charge in [0.1, 0.15) is 0 Å². The molecule has 0 radical (unpaired) electrons. The van der Waals surface area contributed by atoms with E-state index in [0.29, 0.717) is 11.1 Å². The molecule has 0 fully saturated rings. The lowest BCUT2D eigenvalue weighted by molar-refractivity contribution is -0.137. The lowest BCUT2D eigenvalue weighted by Gasteiger charge is -2.09. The van der Waals surface area contributed by atoms with Gasteiger partial charge < -0.3 is 0 Å². The molecule has 0 N–H and O–H groups in total. The first-order chi connectivity index (χ1) is 9.91. The van der Waals surface area contributed by atoms with Crippen molar-refractivity contribution in [3.63, 3.8) is 0 Å². The monoisotopic (exact) mass is 309 g/mol. The molecule has 108 valence electrons. The van der Waals surface area contributed by atoms with E-state index in [1.807, 2.05) is 6.07 Å². The van der Waals surface area contributed by atoms with E-state index in [2.05, 4.69) is 0 Å². The van der Waals surface area contributed by atoms with Crippen molar-refractivity contribution in [3.8, 4) is 6.07 Å². The Bertz CT molecular complexity index is 719. The van der Waals surface area contributed by atoms with E-state index in [0.717, 1.165) is 12.1 Å². The molecule has 21 heavy (non-hydrogen) atoms. The van der Waals surface area contributed by atoms with Crippen molar-refractivity contribution in [3.05, 3.63) is 65.2 Å². The largest absolute Gasteiger partial charge is 0.416 e. The summed E-state index contributed by atoms with van der Waals surface area (Å²) < 4.78 is 50.1. The zero-order chi connectivity index (χ0) is 15.5. The molecule has 2 aromatic rings. The Hall–Kier alpha value is -2.13. The van der Waals surface area contributed by atoms with Gasteiger partial charge in [-0.25, -0.2) is 0 Å². The van der Waals surface area contributed by atoms with Crippen molar-refractivity contribution < 1.29 is 17.4 Å². The van der Waals surface area contributed by atoms with Crippen LogP contribution in [0.25, 0.3) is 0 Å². The number of nitriles is 1. The fourth-order valence-corrected chi connectivity index (χ4v) is 2.98. The predicted molar refractivity (Wildman–Crippen MR) is 72.7 cm³/mol. The van der Waals surface area contributed by atoms with Crippen LogP contribution in [0.5, 0.6) is 0 Å². The number of halogens is 3. The van der Waals surface area contributed by atoms with Crippen LogP contribution in [0, 0.1) is 11.3 Å². The topological polar surface area (TPSA) is 40.9 Å². The minimum absolute atomic E-state index is 0.00500. The highest BCUT2D eigenvalue weighted by Gasteiger charge is 2.30. The summed E-state index contributed by atoms with van der Waals surface area (Å²) in [5.41, 5.74) is 0.0930. The Morgan fingerprint density at radius 1 is 1.10 bits per heavy atom. The number of rotatable bonds is 3. The molecule has 1 atom stereocenters. The Balaban J connectivity index is 2.28. The molecule has 0 saturated heterocycles. The Morgan fingerprint density at radius 3 is 2.48 bits per heavy atom. The highest BCUT2D eigenvalue weighted by atomic mass is 32.2. The summed E-state index contributed by atoms with van der Waals surface area (Å²) in [6.45, 7) is 0. The van der Waals surface area contributed by atoms with Gasteiger partial charge in [-0.05, 0) is 29.8 Å². The first-order valence-corrected chi connectivity index (χ1v) is 7.27. The average molecular weight is 309 g/mol. The summed E-state index contributed by atoms with van der Waals surface area (Å²) >= 11 is 0. The number of hydrogen-bond acceptors (Lipinski definition) is 2. The second-order valence-corrected chi connectivity index (χ2v) is 5.74. The summed E-state index contributed by atoms with van der Waals surface area (Å²) in [6, 6.07) is 13.0. The maximum atomic E-state index is 12.6. The minimum atomic E-state index is -4.47. The molecule has 0 spiro atoms. The van der Waals surface area contributed by atoms with Crippen LogP contribution in [0.4, 0.5) is 13.2 Å². The van der Waals surface area contributed by atoms with E-state index in [4.69, 9.17) is 5.26 Å². The van der Waals surface area contributed by atoms with Gasteiger partial charge in [0.25, 0.3) is 0 Å². The van der Waals surface area contributed by atoms with Crippen LogP contribution in [-0.4, -0.2) is 4.21 Å². The SMILES string of the molecule is N#Cc1ccccc1CS(=O)c1cccc(C(F)(F)F)c1. The third kappa shape index (κ3) is 3.70. The average Bonchev–Trinajstić information content (AvgIpc) is 2.47. The molecule has 0 aliphatic carbocycles. The molecular weight excluding hydrogens is 299 g/mol. The number of benzene rings is 2. The van der Waals surface area contributed by atoms with E-state index < -0.39 is 22.5 Å². The van der Waals surface area contributed by atoms with Gasteiger partial charge in [0.05, 0.1) is 33.7 Å². The van der Waals surface area contributed by atoms with E-state index in [1.165, 1.54) is 12.1 Å². The predicted octanol–water partition coefficient (Wildman–Crippen LogP) is 3.88. The lowest BCUT2D eigenvalue weighted by Crippen LogP contribution is -2.06. The van der Waals surface area contributed by atoms with Gasteiger partial charge in [0.2, 0.25) is 0 Å². The molecule has 2 nitrogen and oxygen atoms in total. The molecular formula is C15H10F3NOS. The van der Waals surface area contributed by atoms with E-state index >= 15 is 0 Å². The number of alkyl halides is 3. The molecule has 1 unspecified atom stereocenters. The maximum absolute atomic E-state index is 12.6. The Kier molecular flexibility index (Phi) is 4.43. The van der Waals surface area contributed by atoms with Gasteiger partial charge in [-0.1, -0.05) is 24.3 Å². The van der Waals surface area contributed by atoms with Crippen LogP contribution in [0.3, 0.4) is 0 Å². The summed E-state index contributed by atoms with van der Waals surface area (Å²) in [6.07, 6.45) is -4.47. The van der Waals surface area contributed by atoms with Crippen molar-refractivity contribution in [1.82, 2.24) is 0 Å². The summed E-state index contributed by atoms with van der Waals surface area (Å²) in [5.74, 6) is 0.00500. The smallest absolute Gasteiger partial charge is 0.254 e. The molecule has 0 saturated carbocycles. The molecule has 0 aromatic heterocycles. The van der Waals surface area contributed by atoms with Crippen LogP contribution in [0.1, 0.15) is 16.7 Å². The van der Waals surface area contributed by atoms with Gasteiger partial charge in [0, 0.05) is 4.90 Å². The molecule has 0 heterocycles. The van der Waals surface area contributed by atoms with Crippen LogP contribution >= 0.6 is 0 Å². The third-order valence-corrected chi connectivity index (χ3v) is 4.20. The van der Waals surface area contributed by atoms with Gasteiger partial charge in [-0.15, -0.1) is 0 Å². The van der Waals surface area contributed by atoms with Crippen molar-refractivity contribution in [1.29, 1.82) is 5.26 Å². The Morgan fingerprint density at radius 2 is 1.81 bits per heavy atom. The first kappa shape index (κ1) is 15.3. The molecule has 2 aromatic carbocycles. The van der Waals surface area contributed by atoms with Gasteiger partial charge in [-0.3, -0.25) is 4.21 Å². The van der Waals surface area contributed by atoms with E-state index in [1.54, 1.807) is 24.3 Å². The summed E-state index contributed by atoms with van der Waals surface area (Å²) in [5, 5.41) is 8.95. The second kappa shape index (κ2) is 6.10. The quantitative estimate of drug-likeness (QED) is 0.863. The fourth-order valence-electron chi connectivity index (χ4n) is 1.79. The molecule has 0 bridgehead atoms. The van der Waals surface area contributed by atoms with Crippen molar-refractivity contribution >= 4 is 10.8 Å². The van der Waals surface area contributed by atoms with E-state index in [9.17, 15) is 17.4 Å². The molecule has 2 rings (SSSR count). The van der Waals surface area contributed by atoms with Crippen LogP contribution in [0.2, 0.25) is 0 Å². The normalized spacial score (nSPS) is 12.7. The van der Waals surface area contributed by atoms with Crippen LogP contribution < -0.4 is 0 Å². The van der Waals surface area contributed by atoms with Crippen molar-refractivity contribution in [2.45, 2.75) is 16.8 Å². The Labute approximate surface area is 122 Å². The number of hydrogen-bond donors (Lipinski definition) is 0. The molecule has 0 aliphatic rings. The molecule has 0 amide bonds. The van der Waals surface area contributed by atoms with Gasteiger partial charge >= 0.3 is 6.18 Å². The van der Waals surface area contributed by atoms with Crippen LogP contribution in [0.15, 0.2) is 53.4 Å². The summed E-state index contributed by atoms with van der Waals surface area (Å²) in [4.78, 5) is 0.0950. The van der Waals surface area contributed by atoms with Crippen molar-refractivity contribution in [2.24, 2.45) is 0 Å². The second-order valence-electron chi connectivity index (χ2n) is 4.28. The minimum Gasteiger partial charge on any atom is -0.254 e. The highest BCUT2D eigenvalue weighted by molar-refractivity contribution is 7.84. The fraction of sp³-hybridized carbons (Fsp3) is 0.133. The van der Waals surface area contributed by atoms with Gasteiger partial charge in [0.15, 0.2) is 0 Å². The van der Waals surface area contributed by atoms with Gasteiger partial charge in [-0.2, -0.15) is 18.4 Å². The zero-order valence-electron chi connectivity index (χ0n) is 10.7. The maximum Gasteiger partial charge on any atom is 0.416 e. The number of nitrogens with zero attached hydrogens (tertiary/aromatic N) is 1. The standard InChI is InChI=1S/C15H10F3NOS/c16-15(17,18)13-6-3-7-14(8-13)21(20)10-12-5-2-1-4-11(12)9-19/h1-8H,10H2. The third-order valence-electron chi connectivity index (χ3n) is 2.85. The summed E-state index contributed by atoms with van der Waals surface area (Å²) in [7, 11) is -1.64. The zero-order valence-corrected chi connectivity index (χ0v) is 11.5. The van der Waals surface area contributed by atoms with Crippen molar-refractivity contribution in [2.75, 3.05) is 0 Å². The highest BCUT2D eigenvalue weighted by Crippen LogP contribution is 2.30.